The molecule has 1 fully saturated rings. The molecule has 0 spiro atoms. The molecule has 3 rings (SSSR count). The zero-order valence-corrected chi connectivity index (χ0v) is 15.3. The SMILES string of the molecule is C=c1/c(=C\C=C/C)c(Br)cc2c(=O)n([C@H]3CCCC[C@@H]3O)cnc12. The Morgan fingerprint density at radius 2 is 2.17 bits per heavy atom. The van der Waals surface area contributed by atoms with Gasteiger partial charge in [-0.15, -0.1) is 0 Å². The van der Waals surface area contributed by atoms with Gasteiger partial charge < -0.3 is 5.11 Å². The average Bonchev–Trinajstić information content (AvgIpc) is 2.57. The second-order valence-electron chi connectivity index (χ2n) is 6.22. The molecule has 0 amide bonds. The second kappa shape index (κ2) is 7.03. The normalized spacial score (nSPS) is 22.5. The van der Waals surface area contributed by atoms with Crippen molar-refractivity contribution in [2.45, 2.75) is 44.8 Å². The van der Waals surface area contributed by atoms with E-state index >= 15 is 0 Å². The first-order valence-corrected chi connectivity index (χ1v) is 9.03. The highest BCUT2D eigenvalue weighted by molar-refractivity contribution is 9.10. The first kappa shape index (κ1) is 17.1. The lowest BCUT2D eigenvalue weighted by atomic mass is 9.92. The Kier molecular flexibility index (Phi) is 5.01. The molecule has 2 aromatic rings. The van der Waals surface area contributed by atoms with E-state index < -0.39 is 6.10 Å². The molecule has 126 valence electrons. The minimum absolute atomic E-state index is 0.117. The monoisotopic (exact) mass is 388 g/mol. The molecule has 0 unspecified atom stereocenters. The Bertz CT molecular complexity index is 962. The summed E-state index contributed by atoms with van der Waals surface area (Å²) in [6.07, 6.45) is 10.5. The fourth-order valence-corrected chi connectivity index (χ4v) is 3.95. The minimum atomic E-state index is -0.485. The predicted molar refractivity (Wildman–Crippen MR) is 101 cm³/mol. The summed E-state index contributed by atoms with van der Waals surface area (Å²) in [7, 11) is 0. The second-order valence-corrected chi connectivity index (χ2v) is 7.07. The van der Waals surface area contributed by atoms with E-state index in [1.165, 1.54) is 0 Å². The molecule has 1 N–H and O–H groups in total. The van der Waals surface area contributed by atoms with Gasteiger partial charge in [-0.1, -0.05) is 53.6 Å². The molecule has 0 saturated heterocycles. The van der Waals surface area contributed by atoms with Crippen molar-refractivity contribution in [3.63, 3.8) is 0 Å². The van der Waals surface area contributed by atoms with Gasteiger partial charge in [-0.05, 0) is 31.1 Å². The molecule has 24 heavy (non-hydrogen) atoms. The summed E-state index contributed by atoms with van der Waals surface area (Å²) in [6.45, 7) is 6.05. The quantitative estimate of drug-likeness (QED) is 0.859. The maximum absolute atomic E-state index is 12.9. The van der Waals surface area contributed by atoms with Gasteiger partial charge in [0.05, 0.1) is 29.4 Å². The van der Waals surface area contributed by atoms with Gasteiger partial charge in [-0.25, -0.2) is 4.98 Å². The molecule has 1 saturated carbocycles. The van der Waals surface area contributed by atoms with Crippen LogP contribution in [0, 0.1) is 0 Å². The van der Waals surface area contributed by atoms with E-state index in [4.69, 9.17) is 0 Å². The van der Waals surface area contributed by atoms with E-state index in [-0.39, 0.29) is 11.6 Å². The third kappa shape index (κ3) is 2.98. The molecule has 1 aliphatic rings. The third-order valence-electron chi connectivity index (χ3n) is 4.68. The number of rotatable bonds is 2. The van der Waals surface area contributed by atoms with Crippen LogP contribution in [0.5, 0.6) is 0 Å². The number of hydrogen-bond acceptors (Lipinski definition) is 3. The number of hydrogen-bond donors (Lipinski definition) is 1. The van der Waals surface area contributed by atoms with Crippen LogP contribution in [0.1, 0.15) is 38.6 Å². The Morgan fingerprint density at radius 3 is 2.88 bits per heavy atom. The highest BCUT2D eigenvalue weighted by Crippen LogP contribution is 2.27. The van der Waals surface area contributed by atoms with Crippen LogP contribution >= 0.6 is 15.9 Å². The van der Waals surface area contributed by atoms with Crippen LogP contribution in [0.25, 0.3) is 23.6 Å². The molecule has 4 nitrogen and oxygen atoms in total. The lowest BCUT2D eigenvalue weighted by Crippen LogP contribution is -2.36. The van der Waals surface area contributed by atoms with Gasteiger partial charge in [0.1, 0.15) is 0 Å². The van der Waals surface area contributed by atoms with Crippen molar-refractivity contribution in [3.8, 4) is 0 Å². The van der Waals surface area contributed by atoms with Crippen LogP contribution in [-0.4, -0.2) is 20.8 Å². The standard InChI is InChI=1S/C19H21BrN2O2/c1-3-4-7-13-12(2)18-14(10-15(13)20)19(24)22(11-21-18)16-8-5-6-9-17(16)23/h3-4,7,10-11,16-17,23H,2,5-6,8-9H2,1H3/b4-3-,13-7+/t16-,17-/m0/s1. The van der Waals surface area contributed by atoms with Crippen molar-refractivity contribution in [3.05, 3.63) is 49.8 Å². The molecular formula is C19H21BrN2O2. The predicted octanol–water partition coefficient (Wildman–Crippen LogP) is 2.40. The van der Waals surface area contributed by atoms with Crippen molar-refractivity contribution in [1.82, 2.24) is 9.55 Å². The summed E-state index contributed by atoms with van der Waals surface area (Å²) in [5, 5.41) is 12.4. The number of benzene rings is 1. The molecule has 1 aromatic carbocycles. The molecule has 0 bridgehead atoms. The fourth-order valence-electron chi connectivity index (χ4n) is 3.35. The average molecular weight is 389 g/mol. The van der Waals surface area contributed by atoms with Gasteiger partial charge in [-0.3, -0.25) is 9.36 Å². The zero-order valence-electron chi connectivity index (χ0n) is 13.7. The Balaban J connectivity index is 2.24. The highest BCUT2D eigenvalue weighted by atomic mass is 79.9. The number of nitrogens with zero attached hydrogens (tertiary/aromatic N) is 2. The first-order chi connectivity index (χ1) is 11.5. The maximum Gasteiger partial charge on any atom is 0.261 e. The number of aliphatic hydroxyl groups is 1. The lowest BCUT2D eigenvalue weighted by molar-refractivity contribution is 0.0735. The van der Waals surface area contributed by atoms with E-state index in [2.05, 4.69) is 27.5 Å². The van der Waals surface area contributed by atoms with E-state index in [1.54, 1.807) is 17.0 Å². The van der Waals surface area contributed by atoms with Crippen molar-refractivity contribution < 1.29 is 5.11 Å². The zero-order chi connectivity index (χ0) is 17.3. The molecule has 0 radical (unpaired) electrons. The highest BCUT2D eigenvalue weighted by Gasteiger charge is 2.26. The van der Waals surface area contributed by atoms with Gasteiger partial charge in [0, 0.05) is 9.69 Å². The maximum atomic E-state index is 12.9. The van der Waals surface area contributed by atoms with Gasteiger partial charge in [-0.2, -0.15) is 0 Å². The number of aliphatic hydroxyl groups excluding tert-OH is 1. The van der Waals surface area contributed by atoms with Crippen molar-refractivity contribution >= 4 is 39.5 Å². The Morgan fingerprint density at radius 1 is 1.42 bits per heavy atom. The van der Waals surface area contributed by atoms with Crippen molar-refractivity contribution in [2.75, 3.05) is 0 Å². The number of halogens is 1. The van der Waals surface area contributed by atoms with Crippen molar-refractivity contribution in [2.24, 2.45) is 0 Å². The minimum Gasteiger partial charge on any atom is -0.391 e. The van der Waals surface area contributed by atoms with Gasteiger partial charge in [0.15, 0.2) is 0 Å². The topological polar surface area (TPSA) is 55.1 Å². The molecule has 1 heterocycles. The van der Waals surface area contributed by atoms with E-state index in [1.807, 2.05) is 25.2 Å². The largest absolute Gasteiger partial charge is 0.391 e. The van der Waals surface area contributed by atoms with E-state index in [0.717, 1.165) is 40.6 Å². The molecule has 2 atom stereocenters. The Labute approximate surface area is 149 Å². The first-order valence-electron chi connectivity index (χ1n) is 8.24. The van der Waals surface area contributed by atoms with Gasteiger partial charge in [0.25, 0.3) is 5.56 Å². The van der Waals surface area contributed by atoms with Crippen LogP contribution in [0.3, 0.4) is 0 Å². The molecule has 0 aliphatic heterocycles. The van der Waals surface area contributed by atoms with Crippen LogP contribution in [0.15, 0.2) is 33.8 Å². The number of fused-ring (bicyclic) bond motifs is 1. The number of allylic oxidation sites excluding steroid dienone is 2. The lowest BCUT2D eigenvalue weighted by Gasteiger charge is -2.29. The van der Waals surface area contributed by atoms with Gasteiger partial charge >= 0.3 is 0 Å². The van der Waals surface area contributed by atoms with Crippen LogP contribution < -0.4 is 16.0 Å². The summed E-state index contributed by atoms with van der Waals surface area (Å²) in [4.78, 5) is 17.4. The van der Waals surface area contributed by atoms with E-state index in [0.29, 0.717) is 10.9 Å². The van der Waals surface area contributed by atoms with Crippen LogP contribution in [-0.2, 0) is 0 Å². The third-order valence-corrected chi connectivity index (χ3v) is 5.33. The summed E-state index contributed by atoms with van der Waals surface area (Å²) in [5.74, 6) is 0. The van der Waals surface area contributed by atoms with E-state index in [9.17, 15) is 9.90 Å². The smallest absolute Gasteiger partial charge is 0.261 e. The Hall–Kier alpha value is -1.72. The summed E-state index contributed by atoms with van der Waals surface area (Å²) in [6, 6.07) is 1.62. The summed E-state index contributed by atoms with van der Waals surface area (Å²) < 4.78 is 2.41. The fraction of sp³-hybridized carbons (Fsp3) is 0.368. The van der Waals surface area contributed by atoms with Crippen molar-refractivity contribution in [1.29, 1.82) is 0 Å². The summed E-state index contributed by atoms with van der Waals surface area (Å²) in [5.41, 5.74) is 0.495. The molecule has 1 aromatic heterocycles. The molecular weight excluding hydrogens is 368 g/mol. The van der Waals surface area contributed by atoms with Crippen LogP contribution in [0.4, 0.5) is 0 Å². The molecule has 5 heteroatoms. The van der Waals surface area contributed by atoms with Crippen LogP contribution in [0.2, 0.25) is 0 Å². The molecule has 1 aliphatic carbocycles. The number of aromatic nitrogens is 2. The summed E-state index contributed by atoms with van der Waals surface area (Å²) >= 11 is 3.53. The van der Waals surface area contributed by atoms with Gasteiger partial charge in [0.2, 0.25) is 0 Å².